The number of alkyl halides is 4. The third-order valence-electron chi connectivity index (χ3n) is 2.48. The second kappa shape index (κ2) is 5.43. The molecule has 1 aromatic carbocycles. The molecule has 0 fully saturated rings. The largest absolute Gasteiger partial charge is 0.497 e. The highest BCUT2D eigenvalue weighted by Crippen LogP contribution is 2.38. The van der Waals surface area contributed by atoms with Gasteiger partial charge in [-0.3, -0.25) is 0 Å². The van der Waals surface area contributed by atoms with Crippen LogP contribution in [-0.2, 0) is 5.60 Å². The number of hydrogen-bond acceptors (Lipinski definition) is 3. The highest BCUT2D eigenvalue weighted by molar-refractivity contribution is 5.41. The van der Waals surface area contributed by atoms with E-state index in [0.717, 1.165) is 12.1 Å². The Bertz CT molecular complexity index is 379. The summed E-state index contributed by atoms with van der Waals surface area (Å²) in [5.41, 5.74) is -4.22. The van der Waals surface area contributed by atoms with E-state index in [1.165, 1.54) is 20.3 Å². The van der Waals surface area contributed by atoms with Crippen molar-refractivity contribution in [1.82, 2.24) is 0 Å². The lowest BCUT2D eigenvalue weighted by molar-refractivity contribution is -0.183. The molecule has 7 heteroatoms. The van der Waals surface area contributed by atoms with Gasteiger partial charge >= 0.3 is 0 Å². The Kier molecular flexibility index (Phi) is 4.39. The van der Waals surface area contributed by atoms with E-state index in [4.69, 9.17) is 9.47 Å². The van der Waals surface area contributed by atoms with Gasteiger partial charge < -0.3 is 14.6 Å². The maximum atomic E-state index is 12.7. The maximum Gasteiger partial charge on any atom is 0.276 e. The average molecular weight is 268 g/mol. The van der Waals surface area contributed by atoms with Crippen LogP contribution in [0.25, 0.3) is 0 Å². The van der Waals surface area contributed by atoms with Crippen LogP contribution in [0.5, 0.6) is 11.5 Å². The van der Waals surface area contributed by atoms with Crippen molar-refractivity contribution in [3.8, 4) is 11.5 Å². The fourth-order valence-electron chi connectivity index (χ4n) is 1.39. The first-order valence-corrected chi connectivity index (χ1v) is 4.88. The van der Waals surface area contributed by atoms with E-state index < -0.39 is 24.0 Å². The van der Waals surface area contributed by atoms with Crippen LogP contribution in [-0.4, -0.2) is 32.2 Å². The molecule has 1 rings (SSSR count). The number of benzene rings is 1. The van der Waals surface area contributed by atoms with Crippen molar-refractivity contribution < 1.29 is 32.1 Å². The summed E-state index contributed by atoms with van der Waals surface area (Å²) in [5.74, 6) is 0.0631. The van der Waals surface area contributed by atoms with Crippen molar-refractivity contribution in [2.45, 2.75) is 18.5 Å². The van der Waals surface area contributed by atoms with Crippen molar-refractivity contribution in [2.75, 3.05) is 14.2 Å². The predicted molar refractivity (Wildman–Crippen MR) is 55.5 cm³/mol. The minimum Gasteiger partial charge on any atom is -0.497 e. The zero-order valence-electron chi connectivity index (χ0n) is 9.66. The molecule has 0 saturated heterocycles. The molecule has 102 valence electrons. The van der Waals surface area contributed by atoms with Gasteiger partial charge in [-0.15, -0.1) is 0 Å². The molecule has 0 aliphatic carbocycles. The van der Waals surface area contributed by atoms with Crippen LogP contribution >= 0.6 is 0 Å². The standard InChI is InChI=1S/C11H12F4O3/c1-17-7-3-6(4-8(5-7)18-2)11(16,9(12)13)10(14)15/h3-5,9-10,16H,1-2H3. The molecule has 0 aliphatic rings. The Labute approximate surface area is 101 Å². The molecule has 1 N–H and O–H groups in total. The van der Waals surface area contributed by atoms with Crippen LogP contribution < -0.4 is 9.47 Å². The number of hydrogen-bond donors (Lipinski definition) is 1. The van der Waals surface area contributed by atoms with Crippen LogP contribution in [0.2, 0.25) is 0 Å². The van der Waals surface area contributed by atoms with E-state index in [-0.39, 0.29) is 11.5 Å². The van der Waals surface area contributed by atoms with Gasteiger partial charge in [-0.2, -0.15) is 0 Å². The second-order valence-corrected chi connectivity index (χ2v) is 3.53. The third kappa shape index (κ3) is 2.50. The van der Waals surface area contributed by atoms with Gasteiger partial charge in [-0.05, 0) is 12.1 Å². The van der Waals surface area contributed by atoms with Gasteiger partial charge in [0.2, 0.25) is 5.60 Å². The van der Waals surface area contributed by atoms with E-state index in [2.05, 4.69) is 0 Å². The Morgan fingerprint density at radius 3 is 1.61 bits per heavy atom. The van der Waals surface area contributed by atoms with Crippen LogP contribution in [0.15, 0.2) is 18.2 Å². The molecule has 0 heterocycles. The molecular formula is C11H12F4O3. The van der Waals surface area contributed by atoms with Crippen molar-refractivity contribution in [3.05, 3.63) is 23.8 Å². The van der Waals surface area contributed by atoms with E-state index >= 15 is 0 Å². The molecule has 0 spiro atoms. The molecular weight excluding hydrogens is 256 g/mol. The summed E-state index contributed by atoms with van der Waals surface area (Å²) in [7, 11) is 2.48. The predicted octanol–water partition coefficient (Wildman–Crippen LogP) is 2.42. The summed E-state index contributed by atoms with van der Waals surface area (Å²) < 4.78 is 60.3. The summed E-state index contributed by atoms with van der Waals surface area (Å²) in [6.45, 7) is 0. The smallest absolute Gasteiger partial charge is 0.276 e. The fraction of sp³-hybridized carbons (Fsp3) is 0.455. The minimum absolute atomic E-state index is 0.0316. The Morgan fingerprint density at radius 1 is 0.944 bits per heavy atom. The first-order valence-electron chi connectivity index (χ1n) is 4.88. The van der Waals surface area contributed by atoms with Gasteiger partial charge in [0.1, 0.15) is 11.5 Å². The van der Waals surface area contributed by atoms with Crippen molar-refractivity contribution in [2.24, 2.45) is 0 Å². The summed E-state index contributed by atoms with van der Waals surface area (Å²) in [6, 6.07) is 3.16. The van der Waals surface area contributed by atoms with Gasteiger partial charge in [0.05, 0.1) is 14.2 Å². The summed E-state index contributed by atoms with van der Waals surface area (Å²) >= 11 is 0. The third-order valence-corrected chi connectivity index (χ3v) is 2.48. The van der Waals surface area contributed by atoms with Gasteiger partial charge in [0, 0.05) is 11.6 Å². The van der Waals surface area contributed by atoms with E-state index in [1.807, 2.05) is 0 Å². The van der Waals surface area contributed by atoms with E-state index in [0.29, 0.717) is 0 Å². The lowest BCUT2D eigenvalue weighted by Gasteiger charge is -2.27. The molecule has 0 aromatic heterocycles. The van der Waals surface area contributed by atoms with Crippen molar-refractivity contribution >= 4 is 0 Å². The van der Waals surface area contributed by atoms with Gasteiger partial charge in [-0.1, -0.05) is 0 Å². The number of aliphatic hydroxyl groups is 1. The van der Waals surface area contributed by atoms with Crippen molar-refractivity contribution in [1.29, 1.82) is 0 Å². The van der Waals surface area contributed by atoms with Crippen LogP contribution in [0.4, 0.5) is 17.6 Å². The molecule has 0 saturated carbocycles. The lowest BCUT2D eigenvalue weighted by atomic mass is 9.94. The molecule has 0 bridgehead atoms. The van der Waals surface area contributed by atoms with Gasteiger partial charge in [0.25, 0.3) is 12.9 Å². The van der Waals surface area contributed by atoms with E-state index in [9.17, 15) is 22.7 Å². The monoisotopic (exact) mass is 268 g/mol. The molecule has 0 unspecified atom stereocenters. The molecule has 0 atom stereocenters. The van der Waals surface area contributed by atoms with Gasteiger partial charge in [0.15, 0.2) is 0 Å². The SMILES string of the molecule is COc1cc(OC)cc(C(O)(C(F)F)C(F)F)c1. The Balaban J connectivity index is 3.36. The van der Waals surface area contributed by atoms with E-state index in [1.54, 1.807) is 0 Å². The molecule has 1 aromatic rings. The highest BCUT2D eigenvalue weighted by Gasteiger charge is 2.49. The van der Waals surface area contributed by atoms with Crippen LogP contribution in [0, 0.1) is 0 Å². The average Bonchev–Trinajstić information content (AvgIpc) is 2.36. The number of methoxy groups -OCH3 is 2. The second-order valence-electron chi connectivity index (χ2n) is 3.53. The summed E-state index contributed by atoms with van der Waals surface area (Å²) in [4.78, 5) is 0. The summed E-state index contributed by atoms with van der Waals surface area (Å²) in [5, 5.41) is 9.47. The van der Waals surface area contributed by atoms with Crippen LogP contribution in [0.3, 0.4) is 0 Å². The van der Waals surface area contributed by atoms with Gasteiger partial charge in [-0.25, -0.2) is 17.6 Å². The number of halogens is 4. The maximum absolute atomic E-state index is 12.7. The number of ether oxygens (including phenoxy) is 2. The zero-order chi connectivity index (χ0) is 13.9. The molecule has 0 radical (unpaired) electrons. The lowest BCUT2D eigenvalue weighted by Crippen LogP contribution is -2.41. The molecule has 0 amide bonds. The zero-order valence-corrected chi connectivity index (χ0v) is 9.66. The minimum atomic E-state index is -3.64. The normalized spacial score (nSPS) is 12.1. The number of rotatable bonds is 5. The highest BCUT2D eigenvalue weighted by atomic mass is 19.3. The van der Waals surface area contributed by atoms with Crippen molar-refractivity contribution in [3.63, 3.8) is 0 Å². The fourth-order valence-corrected chi connectivity index (χ4v) is 1.39. The van der Waals surface area contributed by atoms with Crippen LogP contribution in [0.1, 0.15) is 5.56 Å². The summed E-state index contributed by atoms with van der Waals surface area (Å²) in [6.07, 6.45) is -7.29. The Hall–Kier alpha value is -1.50. The topological polar surface area (TPSA) is 38.7 Å². The molecule has 0 aliphatic heterocycles. The Morgan fingerprint density at radius 2 is 1.33 bits per heavy atom. The first kappa shape index (κ1) is 14.6. The molecule has 18 heavy (non-hydrogen) atoms. The molecule has 3 nitrogen and oxygen atoms in total. The quantitative estimate of drug-likeness (QED) is 0.833. The first-order chi connectivity index (χ1) is 8.36.